The fourth-order valence-electron chi connectivity index (χ4n) is 14.5. The van der Waals surface area contributed by atoms with Crippen LogP contribution >= 0.6 is 0 Å². The Morgan fingerprint density at radius 3 is 2.29 bits per heavy atom. The molecule has 5 amide bonds. The lowest BCUT2D eigenvalue weighted by molar-refractivity contribution is -0.155. The van der Waals surface area contributed by atoms with Gasteiger partial charge in [0, 0.05) is 44.8 Å². The summed E-state index contributed by atoms with van der Waals surface area (Å²) in [6.45, 7) is 19.9. The quantitative estimate of drug-likeness (QED) is 0.0449. The summed E-state index contributed by atoms with van der Waals surface area (Å²) in [7, 11) is 1.84. The van der Waals surface area contributed by atoms with Crippen molar-refractivity contribution in [2.24, 2.45) is 46.3 Å². The molecule has 4 fully saturated rings. The SMILES string of the molecule is CC(C)CCC[C@@H](C)[C@H]1CC[C@H]2[C@@H]3CC=C4CC(OC(=O)[C@H](CCCCNC(=O)OC(C)(C)C)NC(=O)[C@H](Cc5ccc(O)cc5)NC(=O)[C@H](C)NC(=O)[C@@H]5CCCN5C(=O)C5=CN(C)C=CC5)CC[C@]4(C)[C@H]3CC[C@]12C. The number of allylic oxidation sites excluding steroid dienone is 2. The van der Waals surface area contributed by atoms with Gasteiger partial charge in [-0.15, -0.1) is 0 Å². The first-order valence-electron chi connectivity index (χ1n) is 29.4. The first kappa shape index (κ1) is 59.3. The minimum Gasteiger partial charge on any atom is -0.508 e. The van der Waals surface area contributed by atoms with Crippen molar-refractivity contribution in [3.63, 3.8) is 0 Å². The second kappa shape index (κ2) is 25.6. The van der Waals surface area contributed by atoms with Crippen LogP contribution in [0, 0.1) is 46.3 Å². The average molecular weight is 1070 g/mol. The summed E-state index contributed by atoms with van der Waals surface area (Å²) < 4.78 is 11.8. The van der Waals surface area contributed by atoms with Crippen LogP contribution in [0.5, 0.6) is 5.75 Å². The van der Waals surface area contributed by atoms with Crippen LogP contribution in [0.4, 0.5) is 4.79 Å². The molecular formula is C62H94N6O9. The van der Waals surface area contributed by atoms with E-state index in [1.807, 2.05) is 19.3 Å². The molecule has 0 spiro atoms. The fourth-order valence-corrected chi connectivity index (χ4v) is 14.5. The molecule has 2 aliphatic heterocycles. The first-order valence-corrected chi connectivity index (χ1v) is 29.4. The van der Waals surface area contributed by atoms with E-state index in [0.29, 0.717) is 80.0 Å². The number of hydrogen-bond acceptors (Lipinski definition) is 10. The molecule has 1 aromatic rings. The number of carbonyl (C=O) groups excluding carboxylic acids is 6. The third kappa shape index (κ3) is 14.9. The molecule has 0 bridgehead atoms. The maximum absolute atomic E-state index is 14.6. The predicted octanol–water partition coefficient (Wildman–Crippen LogP) is 9.78. The van der Waals surface area contributed by atoms with Crippen molar-refractivity contribution in [3.8, 4) is 5.75 Å². The highest BCUT2D eigenvalue weighted by Crippen LogP contribution is 2.67. The Bertz CT molecular complexity index is 2360. The number of fused-ring (bicyclic) bond motifs is 5. The van der Waals surface area contributed by atoms with Gasteiger partial charge in [0.05, 0.1) is 0 Å². The van der Waals surface area contributed by atoms with Crippen LogP contribution in [0.15, 0.2) is 60.0 Å². The van der Waals surface area contributed by atoms with E-state index in [1.165, 1.54) is 69.6 Å². The van der Waals surface area contributed by atoms with Crippen molar-refractivity contribution < 1.29 is 43.3 Å². The number of rotatable bonds is 21. The number of benzene rings is 1. The Morgan fingerprint density at radius 1 is 0.831 bits per heavy atom. The molecule has 5 N–H and O–H groups in total. The number of phenolic OH excluding ortho intramolecular Hbond substituents is 1. The van der Waals surface area contributed by atoms with Crippen molar-refractivity contribution in [2.45, 2.75) is 214 Å². The lowest BCUT2D eigenvalue weighted by atomic mass is 9.47. The molecule has 15 heteroatoms. The second-order valence-corrected chi connectivity index (χ2v) is 25.8. The van der Waals surface area contributed by atoms with Crippen LogP contribution in [0.1, 0.15) is 177 Å². The number of phenols is 1. The molecule has 1 aromatic carbocycles. The third-order valence-electron chi connectivity index (χ3n) is 18.6. The molecule has 12 atom stereocenters. The minimum absolute atomic E-state index is 0.0124. The van der Waals surface area contributed by atoms with Gasteiger partial charge in [0.1, 0.15) is 41.6 Å². The van der Waals surface area contributed by atoms with Gasteiger partial charge in [0.2, 0.25) is 17.7 Å². The van der Waals surface area contributed by atoms with Gasteiger partial charge in [-0.3, -0.25) is 19.2 Å². The van der Waals surface area contributed by atoms with Crippen molar-refractivity contribution in [2.75, 3.05) is 20.1 Å². The van der Waals surface area contributed by atoms with Gasteiger partial charge in [-0.25, -0.2) is 9.59 Å². The molecular weight excluding hydrogens is 973 g/mol. The molecule has 6 aliphatic rings. The number of carbonyl (C=O) groups is 6. The zero-order valence-electron chi connectivity index (χ0n) is 48.2. The predicted molar refractivity (Wildman–Crippen MR) is 299 cm³/mol. The number of unbranched alkanes of at least 4 members (excludes halogenated alkanes) is 1. The van der Waals surface area contributed by atoms with Crippen LogP contribution in [-0.2, 0) is 39.9 Å². The minimum atomic E-state index is -1.19. The molecule has 0 radical (unpaired) electrons. The standard InChI is InChI=1S/C62H94N6O9/c1-39(2)16-13-17-40(3)48-27-28-49-47-26-23-44-37-46(29-31-61(44,8)50(47)30-32-62(48,49)9)76-58(74)51(19-11-12-33-63-59(75)77-60(5,6)7)65-55(71)52(36-42-21-24-45(69)25-22-42)66-54(70)41(4)64-56(72)53-20-15-35-68(53)57(73)43-18-14-34-67(10)38-43/h14,21-25,34,38-41,46-53,69H,11-13,15-20,26-33,35-37H2,1-10H3,(H,63,75)(H,64,72)(H,65,71)(H,66,70)/t40-,41+,46?,47+,48-,49+,50+,51+,52+,53+,61+,62-/m1/s1. The molecule has 2 heterocycles. The summed E-state index contributed by atoms with van der Waals surface area (Å²) in [5, 5.41) is 21.4. The number of ether oxygens (including phenoxy) is 2. The highest BCUT2D eigenvalue weighted by molar-refractivity contribution is 5.99. The molecule has 3 saturated carbocycles. The van der Waals surface area contributed by atoms with Gasteiger partial charge in [0.25, 0.3) is 5.91 Å². The maximum atomic E-state index is 14.6. The summed E-state index contributed by atoms with van der Waals surface area (Å²) in [6, 6.07) is 2.19. The molecule has 77 heavy (non-hydrogen) atoms. The highest BCUT2D eigenvalue weighted by atomic mass is 16.6. The van der Waals surface area contributed by atoms with E-state index >= 15 is 0 Å². The zero-order chi connectivity index (χ0) is 55.8. The summed E-state index contributed by atoms with van der Waals surface area (Å²) in [5.41, 5.74) is 2.39. The topological polar surface area (TPSA) is 196 Å². The molecule has 1 saturated heterocycles. The largest absolute Gasteiger partial charge is 0.508 e. The van der Waals surface area contributed by atoms with E-state index < -0.39 is 59.6 Å². The Labute approximate surface area is 459 Å². The first-order chi connectivity index (χ1) is 36.4. The summed E-state index contributed by atoms with van der Waals surface area (Å²) in [6.07, 6.45) is 22.4. The third-order valence-corrected chi connectivity index (χ3v) is 18.6. The highest BCUT2D eigenvalue weighted by Gasteiger charge is 2.59. The summed E-state index contributed by atoms with van der Waals surface area (Å²) in [4.78, 5) is 86.2. The number of alkyl carbamates (subject to hydrolysis) is 1. The summed E-state index contributed by atoms with van der Waals surface area (Å²) in [5.74, 6) is 1.87. The number of nitrogens with zero attached hydrogens (tertiary/aromatic N) is 2. The van der Waals surface area contributed by atoms with Crippen molar-refractivity contribution >= 4 is 35.7 Å². The van der Waals surface area contributed by atoms with E-state index in [0.717, 1.165) is 42.9 Å². The van der Waals surface area contributed by atoms with Gasteiger partial charge in [-0.1, -0.05) is 83.7 Å². The Balaban J connectivity index is 1.02. The van der Waals surface area contributed by atoms with Crippen LogP contribution < -0.4 is 21.3 Å². The Morgan fingerprint density at radius 2 is 1.57 bits per heavy atom. The molecule has 4 aliphatic carbocycles. The van der Waals surface area contributed by atoms with Crippen molar-refractivity contribution in [1.82, 2.24) is 31.1 Å². The normalized spacial score (nSPS) is 28.4. The van der Waals surface area contributed by atoms with Crippen molar-refractivity contribution in [3.05, 3.63) is 65.5 Å². The van der Waals surface area contributed by atoms with Crippen LogP contribution in [0.25, 0.3) is 0 Å². The van der Waals surface area contributed by atoms with Gasteiger partial charge in [0.15, 0.2) is 0 Å². The van der Waals surface area contributed by atoms with Crippen LogP contribution in [0.3, 0.4) is 0 Å². The fraction of sp³-hybridized carbons (Fsp3) is 0.710. The maximum Gasteiger partial charge on any atom is 0.407 e. The monoisotopic (exact) mass is 1070 g/mol. The van der Waals surface area contributed by atoms with Gasteiger partial charge in [-0.05, 0) is 181 Å². The molecule has 426 valence electrons. The molecule has 1 unspecified atom stereocenters. The van der Waals surface area contributed by atoms with Gasteiger partial charge < -0.3 is 45.6 Å². The number of nitrogens with one attached hydrogen (secondary N) is 4. The van der Waals surface area contributed by atoms with E-state index in [4.69, 9.17) is 9.47 Å². The van der Waals surface area contributed by atoms with E-state index in [2.05, 4.69) is 62.0 Å². The average Bonchev–Trinajstić information content (AvgIpc) is 4.04. The van der Waals surface area contributed by atoms with E-state index in [-0.39, 0.29) is 36.0 Å². The zero-order valence-corrected chi connectivity index (χ0v) is 48.2. The molecule has 0 aromatic heterocycles. The number of hydrogen-bond donors (Lipinski definition) is 5. The molecule has 15 nitrogen and oxygen atoms in total. The Kier molecular flexibility index (Phi) is 19.7. The lowest BCUT2D eigenvalue weighted by Gasteiger charge is -2.58. The second-order valence-electron chi connectivity index (χ2n) is 25.8. The summed E-state index contributed by atoms with van der Waals surface area (Å²) >= 11 is 0. The number of likely N-dealkylation sites (tertiary alicyclic amines) is 1. The van der Waals surface area contributed by atoms with Gasteiger partial charge >= 0.3 is 12.1 Å². The Hall–Kier alpha value is -5.34. The van der Waals surface area contributed by atoms with Crippen molar-refractivity contribution in [1.29, 1.82) is 0 Å². The molecule has 7 rings (SSSR count). The van der Waals surface area contributed by atoms with Gasteiger partial charge in [-0.2, -0.15) is 0 Å². The van der Waals surface area contributed by atoms with E-state index in [1.54, 1.807) is 48.9 Å². The number of esters is 1. The van der Waals surface area contributed by atoms with Crippen LogP contribution in [0.2, 0.25) is 0 Å². The number of amides is 5. The number of aromatic hydroxyl groups is 1. The van der Waals surface area contributed by atoms with Crippen LogP contribution in [-0.4, -0.2) is 107 Å². The lowest BCUT2D eigenvalue weighted by Crippen LogP contribution is -2.57. The van der Waals surface area contributed by atoms with E-state index in [9.17, 15) is 33.9 Å². The smallest absolute Gasteiger partial charge is 0.407 e.